The molecule has 3 aromatic rings. The van der Waals surface area contributed by atoms with E-state index in [4.69, 9.17) is 0 Å². The van der Waals surface area contributed by atoms with Crippen molar-refractivity contribution in [2.24, 2.45) is 5.10 Å². The molecule has 0 bridgehead atoms. The SMILES string of the molecule is O=c1[nH]ncc(NN=C(Cc2ccccc2)Cc2ccccc2)c1Br. The van der Waals surface area contributed by atoms with Gasteiger partial charge in [0.15, 0.2) is 0 Å². The average molecular weight is 397 g/mol. The van der Waals surface area contributed by atoms with Gasteiger partial charge in [-0.1, -0.05) is 60.7 Å². The Labute approximate surface area is 153 Å². The third kappa shape index (κ3) is 4.87. The number of H-pyrrole nitrogens is 1. The molecule has 6 heteroatoms. The first-order valence-corrected chi connectivity index (χ1v) is 8.64. The van der Waals surface area contributed by atoms with E-state index in [0.29, 0.717) is 10.2 Å². The lowest BCUT2D eigenvalue weighted by Gasteiger charge is -2.09. The molecule has 0 fully saturated rings. The van der Waals surface area contributed by atoms with Gasteiger partial charge in [-0.15, -0.1) is 0 Å². The summed E-state index contributed by atoms with van der Waals surface area (Å²) in [6.45, 7) is 0. The Morgan fingerprint density at radius 3 is 2.12 bits per heavy atom. The molecular formula is C19H17BrN4O. The van der Waals surface area contributed by atoms with Gasteiger partial charge >= 0.3 is 0 Å². The van der Waals surface area contributed by atoms with Gasteiger partial charge < -0.3 is 0 Å². The standard InChI is InChI=1S/C19H17BrN4O/c20-18-17(13-21-24-19(18)25)23-22-16(11-14-7-3-1-4-8-14)12-15-9-5-2-6-10-15/h1-10,13H,11-12H2,(H2,23,24,25). The lowest BCUT2D eigenvalue weighted by Crippen LogP contribution is -2.13. The van der Waals surface area contributed by atoms with Crippen molar-refractivity contribution in [1.82, 2.24) is 10.2 Å². The summed E-state index contributed by atoms with van der Waals surface area (Å²) in [6.07, 6.45) is 2.96. The van der Waals surface area contributed by atoms with Crippen LogP contribution in [0.5, 0.6) is 0 Å². The van der Waals surface area contributed by atoms with Gasteiger partial charge in [0.1, 0.15) is 4.47 Å². The molecule has 25 heavy (non-hydrogen) atoms. The number of anilines is 1. The zero-order valence-corrected chi connectivity index (χ0v) is 15.0. The number of hydrogen-bond donors (Lipinski definition) is 2. The Hall–Kier alpha value is -2.73. The van der Waals surface area contributed by atoms with Crippen LogP contribution in [0.2, 0.25) is 0 Å². The highest BCUT2D eigenvalue weighted by molar-refractivity contribution is 9.10. The number of hydrogen-bond acceptors (Lipinski definition) is 4. The Morgan fingerprint density at radius 1 is 1.00 bits per heavy atom. The molecule has 0 atom stereocenters. The van der Waals surface area contributed by atoms with Gasteiger partial charge in [0.2, 0.25) is 0 Å². The lowest BCUT2D eigenvalue weighted by molar-refractivity contribution is 0.975. The van der Waals surface area contributed by atoms with Crippen molar-refractivity contribution < 1.29 is 0 Å². The van der Waals surface area contributed by atoms with Crippen molar-refractivity contribution >= 4 is 27.3 Å². The van der Waals surface area contributed by atoms with E-state index in [9.17, 15) is 4.79 Å². The van der Waals surface area contributed by atoms with Crippen LogP contribution in [-0.2, 0) is 12.8 Å². The molecule has 0 aliphatic heterocycles. The molecule has 126 valence electrons. The summed E-state index contributed by atoms with van der Waals surface area (Å²) >= 11 is 3.25. The summed E-state index contributed by atoms with van der Waals surface area (Å²) in [5.74, 6) is 0. The van der Waals surface area contributed by atoms with E-state index in [1.165, 1.54) is 17.3 Å². The zero-order valence-electron chi connectivity index (χ0n) is 13.4. The maximum absolute atomic E-state index is 11.6. The van der Waals surface area contributed by atoms with Crippen LogP contribution in [-0.4, -0.2) is 15.9 Å². The number of nitrogens with zero attached hydrogens (tertiary/aromatic N) is 2. The summed E-state index contributed by atoms with van der Waals surface area (Å²) in [4.78, 5) is 11.6. The topological polar surface area (TPSA) is 70.1 Å². The number of halogens is 1. The Morgan fingerprint density at radius 2 is 1.56 bits per heavy atom. The van der Waals surface area contributed by atoms with Crippen molar-refractivity contribution in [3.63, 3.8) is 0 Å². The number of benzene rings is 2. The molecule has 5 nitrogen and oxygen atoms in total. The second kappa shape index (κ2) is 8.39. The van der Waals surface area contributed by atoms with Gasteiger partial charge in [-0.05, 0) is 27.1 Å². The second-order valence-corrected chi connectivity index (χ2v) is 6.33. The van der Waals surface area contributed by atoms with Crippen LogP contribution in [0.25, 0.3) is 0 Å². The Kier molecular flexibility index (Phi) is 5.74. The normalized spacial score (nSPS) is 10.3. The van der Waals surface area contributed by atoms with E-state index in [2.05, 4.69) is 60.9 Å². The van der Waals surface area contributed by atoms with E-state index in [-0.39, 0.29) is 5.56 Å². The molecule has 0 aliphatic rings. The van der Waals surface area contributed by atoms with Crippen LogP contribution in [0, 0.1) is 0 Å². The highest BCUT2D eigenvalue weighted by Gasteiger charge is 2.07. The van der Waals surface area contributed by atoms with Crippen molar-refractivity contribution in [2.45, 2.75) is 12.8 Å². The van der Waals surface area contributed by atoms with Crippen molar-refractivity contribution in [2.75, 3.05) is 5.43 Å². The number of nitrogens with one attached hydrogen (secondary N) is 2. The zero-order chi connectivity index (χ0) is 17.5. The highest BCUT2D eigenvalue weighted by Crippen LogP contribution is 2.16. The molecule has 0 radical (unpaired) electrons. The number of hydrazone groups is 1. The van der Waals surface area contributed by atoms with Gasteiger partial charge in [0.05, 0.1) is 11.9 Å². The minimum Gasteiger partial charge on any atom is -0.276 e. The minimum atomic E-state index is -0.298. The van der Waals surface area contributed by atoms with Crippen molar-refractivity contribution in [1.29, 1.82) is 0 Å². The van der Waals surface area contributed by atoms with Crippen LogP contribution < -0.4 is 11.0 Å². The minimum absolute atomic E-state index is 0.298. The van der Waals surface area contributed by atoms with E-state index in [1.807, 2.05) is 36.4 Å². The fourth-order valence-electron chi connectivity index (χ4n) is 2.41. The first-order chi connectivity index (χ1) is 12.2. The van der Waals surface area contributed by atoms with Crippen LogP contribution in [0.4, 0.5) is 5.69 Å². The number of aromatic nitrogens is 2. The predicted octanol–water partition coefficient (Wildman–Crippen LogP) is 3.79. The van der Waals surface area contributed by atoms with Crippen LogP contribution in [0.1, 0.15) is 11.1 Å². The molecule has 3 rings (SSSR count). The van der Waals surface area contributed by atoms with Gasteiger partial charge in [0.25, 0.3) is 5.56 Å². The fourth-order valence-corrected chi connectivity index (χ4v) is 2.68. The summed E-state index contributed by atoms with van der Waals surface area (Å²) in [7, 11) is 0. The van der Waals surface area contributed by atoms with E-state index < -0.39 is 0 Å². The molecule has 2 aromatic carbocycles. The Balaban J connectivity index is 1.84. The summed E-state index contributed by atoms with van der Waals surface area (Å²) < 4.78 is 0.380. The molecule has 0 spiro atoms. The molecule has 0 amide bonds. The summed E-state index contributed by atoms with van der Waals surface area (Å²) in [5.41, 5.74) is 6.51. The average Bonchev–Trinajstić information content (AvgIpc) is 2.64. The maximum Gasteiger partial charge on any atom is 0.280 e. The largest absolute Gasteiger partial charge is 0.280 e. The van der Waals surface area contributed by atoms with E-state index >= 15 is 0 Å². The third-order valence-corrected chi connectivity index (χ3v) is 4.42. The van der Waals surface area contributed by atoms with Crippen LogP contribution in [0.15, 0.2) is 81.2 Å². The Bertz CT molecular complexity index is 864. The molecule has 0 aliphatic carbocycles. The molecular weight excluding hydrogens is 380 g/mol. The van der Waals surface area contributed by atoms with Crippen molar-refractivity contribution in [3.05, 3.63) is 92.8 Å². The lowest BCUT2D eigenvalue weighted by atomic mass is 10.0. The quantitative estimate of drug-likeness (QED) is 0.491. The number of rotatable bonds is 6. The number of aromatic amines is 1. The first kappa shape index (κ1) is 17.1. The van der Waals surface area contributed by atoms with Crippen LogP contribution >= 0.6 is 15.9 Å². The predicted molar refractivity (Wildman–Crippen MR) is 104 cm³/mol. The molecule has 1 heterocycles. The van der Waals surface area contributed by atoms with Gasteiger partial charge in [-0.3, -0.25) is 10.2 Å². The van der Waals surface area contributed by atoms with Gasteiger partial charge in [-0.25, -0.2) is 5.10 Å². The smallest absolute Gasteiger partial charge is 0.276 e. The molecule has 0 saturated carbocycles. The summed E-state index contributed by atoms with van der Waals surface area (Å²) in [5, 5.41) is 10.7. The molecule has 0 unspecified atom stereocenters. The van der Waals surface area contributed by atoms with Crippen molar-refractivity contribution in [3.8, 4) is 0 Å². The highest BCUT2D eigenvalue weighted by atomic mass is 79.9. The summed E-state index contributed by atoms with van der Waals surface area (Å²) in [6, 6.07) is 20.3. The third-order valence-electron chi connectivity index (χ3n) is 3.63. The van der Waals surface area contributed by atoms with E-state index in [1.54, 1.807) is 0 Å². The fraction of sp³-hybridized carbons (Fsp3) is 0.105. The van der Waals surface area contributed by atoms with Gasteiger partial charge in [0, 0.05) is 18.6 Å². The molecule has 2 N–H and O–H groups in total. The maximum atomic E-state index is 11.6. The van der Waals surface area contributed by atoms with Gasteiger partial charge in [-0.2, -0.15) is 10.2 Å². The van der Waals surface area contributed by atoms with E-state index in [0.717, 1.165) is 18.6 Å². The first-order valence-electron chi connectivity index (χ1n) is 7.85. The molecule has 0 saturated heterocycles. The second-order valence-electron chi connectivity index (χ2n) is 5.54. The molecule has 1 aromatic heterocycles. The van der Waals surface area contributed by atoms with Crippen LogP contribution in [0.3, 0.4) is 0 Å². The monoisotopic (exact) mass is 396 g/mol.